The first-order chi connectivity index (χ1) is 10.7. The molecule has 1 N–H and O–H groups in total. The summed E-state index contributed by atoms with van der Waals surface area (Å²) in [5, 5.41) is 9.24. The summed E-state index contributed by atoms with van der Waals surface area (Å²) in [6.07, 6.45) is -0.543. The number of carbonyl (C=O) groups excluding carboxylic acids is 2. The van der Waals surface area contributed by atoms with E-state index in [1.54, 1.807) is 36.4 Å². The average molecular weight is 296 g/mol. The molecular formula is C17H12O5. The fraction of sp³-hybridized carbons (Fsp3) is 0.176. The van der Waals surface area contributed by atoms with Crippen molar-refractivity contribution in [2.75, 3.05) is 13.2 Å². The molecular weight excluding hydrogens is 284 g/mol. The van der Waals surface area contributed by atoms with Gasteiger partial charge in [0.05, 0.1) is 12.2 Å². The SMILES string of the molecule is O=C1c2ccccc2C(=O)c2c1ccc1c2O[C@@H](CO)CO1. The van der Waals surface area contributed by atoms with Crippen LogP contribution < -0.4 is 9.47 Å². The molecule has 0 fully saturated rings. The molecule has 5 heteroatoms. The van der Waals surface area contributed by atoms with Gasteiger partial charge >= 0.3 is 0 Å². The molecule has 5 nitrogen and oxygen atoms in total. The van der Waals surface area contributed by atoms with Crippen molar-refractivity contribution in [3.8, 4) is 11.5 Å². The van der Waals surface area contributed by atoms with E-state index in [1.165, 1.54) is 0 Å². The Hall–Kier alpha value is -2.66. The van der Waals surface area contributed by atoms with Crippen LogP contribution in [-0.4, -0.2) is 36.0 Å². The van der Waals surface area contributed by atoms with Gasteiger partial charge in [0.25, 0.3) is 0 Å². The predicted molar refractivity (Wildman–Crippen MR) is 76.7 cm³/mol. The van der Waals surface area contributed by atoms with E-state index in [9.17, 15) is 14.7 Å². The van der Waals surface area contributed by atoms with Crippen molar-refractivity contribution in [1.82, 2.24) is 0 Å². The molecule has 0 saturated heterocycles. The second-order valence-corrected chi connectivity index (χ2v) is 5.25. The van der Waals surface area contributed by atoms with Crippen molar-refractivity contribution in [1.29, 1.82) is 0 Å². The number of hydrogen-bond donors (Lipinski definition) is 1. The standard InChI is InChI=1S/C17H12O5/c18-7-9-8-21-13-6-5-12-14(17(13)22-9)16(20)11-4-2-1-3-10(11)15(12)19/h1-6,9,18H,7-8H2/t9-/m0/s1. The van der Waals surface area contributed by atoms with E-state index in [1.807, 2.05) is 0 Å². The lowest BCUT2D eigenvalue weighted by Crippen LogP contribution is -2.34. The molecule has 22 heavy (non-hydrogen) atoms. The molecule has 2 aliphatic rings. The highest BCUT2D eigenvalue weighted by Crippen LogP contribution is 2.41. The van der Waals surface area contributed by atoms with Gasteiger partial charge in [-0.15, -0.1) is 0 Å². The largest absolute Gasteiger partial charge is 0.486 e. The Morgan fingerprint density at radius 1 is 1.00 bits per heavy atom. The minimum absolute atomic E-state index is 0.206. The minimum atomic E-state index is -0.543. The number of hydrogen-bond acceptors (Lipinski definition) is 5. The van der Waals surface area contributed by atoms with E-state index in [-0.39, 0.29) is 36.1 Å². The van der Waals surface area contributed by atoms with Gasteiger partial charge in [-0.05, 0) is 12.1 Å². The Morgan fingerprint density at radius 2 is 1.73 bits per heavy atom. The van der Waals surface area contributed by atoms with Crippen LogP contribution in [0.5, 0.6) is 11.5 Å². The van der Waals surface area contributed by atoms with Crippen LogP contribution in [0.2, 0.25) is 0 Å². The van der Waals surface area contributed by atoms with E-state index in [0.29, 0.717) is 22.4 Å². The normalized spacial score (nSPS) is 18.7. The van der Waals surface area contributed by atoms with Crippen LogP contribution in [-0.2, 0) is 0 Å². The molecule has 0 spiro atoms. The fourth-order valence-corrected chi connectivity index (χ4v) is 2.84. The van der Waals surface area contributed by atoms with Crippen LogP contribution in [0.3, 0.4) is 0 Å². The van der Waals surface area contributed by atoms with Crippen LogP contribution in [0.4, 0.5) is 0 Å². The lowest BCUT2D eigenvalue weighted by Gasteiger charge is -2.29. The molecule has 1 aliphatic heterocycles. The lowest BCUT2D eigenvalue weighted by molar-refractivity contribution is 0.0443. The van der Waals surface area contributed by atoms with E-state index >= 15 is 0 Å². The molecule has 0 unspecified atom stereocenters. The Bertz CT molecular complexity index is 809. The topological polar surface area (TPSA) is 72.8 Å². The number of ether oxygens (including phenoxy) is 2. The summed E-state index contributed by atoms with van der Waals surface area (Å²) in [5.41, 5.74) is 1.29. The first-order valence-electron chi connectivity index (χ1n) is 6.96. The van der Waals surface area contributed by atoms with E-state index < -0.39 is 6.10 Å². The Balaban J connectivity index is 1.94. The third-order valence-electron chi connectivity index (χ3n) is 3.92. The van der Waals surface area contributed by atoms with Gasteiger partial charge in [0.1, 0.15) is 6.61 Å². The molecule has 0 aromatic heterocycles. The third-order valence-corrected chi connectivity index (χ3v) is 3.92. The summed E-state index contributed by atoms with van der Waals surface area (Å²) >= 11 is 0. The molecule has 1 aliphatic carbocycles. The number of benzene rings is 2. The van der Waals surface area contributed by atoms with Crippen LogP contribution in [0.15, 0.2) is 36.4 Å². The molecule has 0 amide bonds. The maximum absolute atomic E-state index is 12.8. The molecule has 110 valence electrons. The molecule has 0 radical (unpaired) electrons. The number of aliphatic hydroxyl groups excluding tert-OH is 1. The molecule has 1 atom stereocenters. The van der Waals surface area contributed by atoms with Crippen molar-refractivity contribution >= 4 is 11.6 Å². The van der Waals surface area contributed by atoms with Crippen molar-refractivity contribution < 1.29 is 24.2 Å². The number of carbonyl (C=O) groups is 2. The molecule has 1 heterocycles. The molecule has 0 bridgehead atoms. The van der Waals surface area contributed by atoms with E-state index in [4.69, 9.17) is 9.47 Å². The highest BCUT2D eigenvalue weighted by Gasteiger charge is 2.36. The Kier molecular flexibility index (Phi) is 2.77. The van der Waals surface area contributed by atoms with Crippen LogP contribution >= 0.6 is 0 Å². The maximum atomic E-state index is 12.8. The number of ketones is 2. The summed E-state index contributed by atoms with van der Waals surface area (Å²) in [6.45, 7) is -0.0111. The second kappa shape index (κ2) is 4.68. The van der Waals surface area contributed by atoms with Crippen molar-refractivity contribution in [2.24, 2.45) is 0 Å². The van der Waals surface area contributed by atoms with Gasteiger partial charge in [0.15, 0.2) is 29.2 Å². The van der Waals surface area contributed by atoms with Gasteiger partial charge in [-0.25, -0.2) is 0 Å². The van der Waals surface area contributed by atoms with Gasteiger partial charge in [0.2, 0.25) is 0 Å². The average Bonchev–Trinajstić information content (AvgIpc) is 2.58. The highest BCUT2D eigenvalue weighted by atomic mass is 16.6. The molecule has 2 aromatic carbocycles. The first-order valence-corrected chi connectivity index (χ1v) is 6.96. The monoisotopic (exact) mass is 296 g/mol. The second-order valence-electron chi connectivity index (χ2n) is 5.25. The Morgan fingerprint density at radius 3 is 2.45 bits per heavy atom. The lowest BCUT2D eigenvalue weighted by atomic mass is 9.83. The highest BCUT2D eigenvalue weighted by molar-refractivity contribution is 6.29. The van der Waals surface area contributed by atoms with Gasteiger partial charge in [-0.1, -0.05) is 24.3 Å². The van der Waals surface area contributed by atoms with Gasteiger partial charge in [0, 0.05) is 16.7 Å². The number of rotatable bonds is 1. The van der Waals surface area contributed by atoms with Gasteiger partial charge < -0.3 is 14.6 Å². The van der Waals surface area contributed by atoms with Crippen molar-refractivity contribution in [2.45, 2.75) is 6.10 Å². The predicted octanol–water partition coefficient (Wildman–Crippen LogP) is 1.59. The smallest absolute Gasteiger partial charge is 0.198 e. The van der Waals surface area contributed by atoms with Gasteiger partial charge in [-0.3, -0.25) is 9.59 Å². The van der Waals surface area contributed by atoms with Crippen LogP contribution in [0.25, 0.3) is 0 Å². The third kappa shape index (κ3) is 1.69. The van der Waals surface area contributed by atoms with E-state index in [0.717, 1.165) is 0 Å². The minimum Gasteiger partial charge on any atom is -0.486 e. The van der Waals surface area contributed by atoms with Gasteiger partial charge in [-0.2, -0.15) is 0 Å². The zero-order valence-corrected chi connectivity index (χ0v) is 11.5. The summed E-state index contributed by atoms with van der Waals surface area (Å²) in [7, 11) is 0. The number of aliphatic hydroxyl groups is 1. The summed E-state index contributed by atoms with van der Waals surface area (Å²) in [6, 6.07) is 9.94. The zero-order chi connectivity index (χ0) is 15.3. The van der Waals surface area contributed by atoms with E-state index in [2.05, 4.69) is 0 Å². The summed E-state index contributed by atoms with van der Waals surface area (Å²) in [4.78, 5) is 25.4. The zero-order valence-electron chi connectivity index (χ0n) is 11.5. The first kappa shape index (κ1) is 13.0. The van der Waals surface area contributed by atoms with Crippen LogP contribution in [0.1, 0.15) is 31.8 Å². The Labute approximate surface area is 126 Å². The maximum Gasteiger partial charge on any atom is 0.198 e. The van der Waals surface area contributed by atoms with Crippen molar-refractivity contribution in [3.05, 3.63) is 58.7 Å². The number of fused-ring (bicyclic) bond motifs is 4. The van der Waals surface area contributed by atoms with Crippen LogP contribution in [0, 0.1) is 0 Å². The quantitative estimate of drug-likeness (QED) is 0.738. The molecule has 2 aromatic rings. The molecule has 0 saturated carbocycles. The summed E-state index contributed by atoms with van der Waals surface area (Å²) < 4.78 is 11.2. The molecule has 4 rings (SSSR count). The fourth-order valence-electron chi connectivity index (χ4n) is 2.84. The summed E-state index contributed by atoms with van der Waals surface area (Å²) in [5.74, 6) is 0.201. The van der Waals surface area contributed by atoms with Crippen molar-refractivity contribution in [3.63, 3.8) is 0 Å².